The lowest BCUT2D eigenvalue weighted by Gasteiger charge is -2.35. The van der Waals surface area contributed by atoms with Gasteiger partial charge < -0.3 is 20.4 Å². The van der Waals surface area contributed by atoms with Crippen LogP contribution in [0.25, 0.3) is 0 Å². The highest BCUT2D eigenvalue weighted by Gasteiger charge is 2.29. The zero-order valence-corrected chi connectivity index (χ0v) is 13.0. The summed E-state index contributed by atoms with van der Waals surface area (Å²) >= 11 is 0. The minimum Gasteiger partial charge on any atom is -0.325 e. The van der Waals surface area contributed by atoms with Gasteiger partial charge in [0.15, 0.2) is 0 Å². The molecule has 0 rings (SSSR count). The van der Waals surface area contributed by atoms with Crippen LogP contribution in [0.5, 0.6) is 0 Å². The van der Waals surface area contributed by atoms with E-state index < -0.39 is 7.82 Å². The second-order valence-corrected chi connectivity index (χ2v) is 5.73. The molecule has 1 unspecified atom stereocenters. The van der Waals surface area contributed by atoms with Crippen LogP contribution in [-0.4, -0.2) is 20.2 Å². The molecule has 0 aromatic carbocycles. The molecule has 0 saturated heterocycles. The van der Waals surface area contributed by atoms with Crippen molar-refractivity contribution >= 4 is 7.82 Å². The highest BCUT2D eigenvalue weighted by Crippen LogP contribution is 2.29. The maximum atomic E-state index is 8.88. The van der Waals surface area contributed by atoms with Gasteiger partial charge in [-0.2, -0.15) is 0 Å². The predicted octanol–water partition coefficient (Wildman–Crippen LogP) is 2.79. The molecule has 0 saturated carbocycles. The second kappa shape index (κ2) is 9.93. The van der Waals surface area contributed by atoms with Gasteiger partial charge in [-0.1, -0.05) is 47.0 Å². The third-order valence-electron chi connectivity index (χ3n) is 3.53. The van der Waals surface area contributed by atoms with Crippen molar-refractivity contribution in [2.75, 3.05) is 0 Å². The van der Waals surface area contributed by atoms with Crippen LogP contribution < -0.4 is 5.73 Å². The average Bonchev–Trinajstić information content (AvgIpc) is 2.27. The summed E-state index contributed by atoms with van der Waals surface area (Å²) in [4.78, 5) is 21.6. The van der Waals surface area contributed by atoms with Crippen LogP contribution in [0.4, 0.5) is 0 Å². The quantitative estimate of drug-likeness (QED) is 0.538. The normalized spacial score (nSPS) is 13.8. The van der Waals surface area contributed by atoms with Crippen LogP contribution in [0.2, 0.25) is 0 Å². The summed E-state index contributed by atoms with van der Waals surface area (Å²) in [6, 6.07) is 0. The van der Waals surface area contributed by atoms with E-state index in [-0.39, 0.29) is 5.54 Å². The van der Waals surface area contributed by atoms with E-state index in [0.29, 0.717) is 0 Å². The molecule has 0 fully saturated rings. The fraction of sp³-hybridized carbons (Fsp3) is 1.00. The van der Waals surface area contributed by atoms with Gasteiger partial charge >= 0.3 is 7.82 Å². The van der Waals surface area contributed by atoms with Gasteiger partial charge in [0.1, 0.15) is 0 Å². The van der Waals surface area contributed by atoms with Crippen molar-refractivity contribution in [1.82, 2.24) is 0 Å². The van der Waals surface area contributed by atoms with Crippen LogP contribution in [0, 0.1) is 5.92 Å². The van der Waals surface area contributed by atoms with Gasteiger partial charge in [-0.3, -0.25) is 0 Å². The highest BCUT2D eigenvalue weighted by atomic mass is 31.2. The largest absolute Gasteiger partial charge is 0.466 e. The van der Waals surface area contributed by atoms with Crippen molar-refractivity contribution in [2.24, 2.45) is 11.7 Å². The lowest BCUT2D eigenvalue weighted by Crippen LogP contribution is -2.45. The van der Waals surface area contributed by atoms with Crippen molar-refractivity contribution in [3.05, 3.63) is 0 Å². The molecule has 0 radical (unpaired) electrons. The van der Waals surface area contributed by atoms with Gasteiger partial charge in [-0.25, -0.2) is 4.57 Å². The molecule has 0 aromatic heterocycles. The Balaban J connectivity index is 0. The van der Waals surface area contributed by atoms with Crippen molar-refractivity contribution < 1.29 is 19.2 Å². The first-order valence-electron chi connectivity index (χ1n) is 6.71. The highest BCUT2D eigenvalue weighted by molar-refractivity contribution is 7.45. The molecule has 5 N–H and O–H groups in total. The van der Waals surface area contributed by atoms with E-state index in [1.54, 1.807) is 0 Å². The number of hydrogen-bond acceptors (Lipinski definition) is 2. The van der Waals surface area contributed by atoms with Crippen LogP contribution in [0.1, 0.15) is 66.2 Å². The SMILES string of the molecule is CCCCC(CC)C(N)(CC)CC.O=P(O)(O)O. The molecule has 0 bridgehead atoms. The van der Waals surface area contributed by atoms with Crippen LogP contribution in [0.3, 0.4) is 0 Å². The summed E-state index contributed by atoms with van der Waals surface area (Å²) in [5, 5.41) is 0. The number of unbranched alkanes of at least 4 members (excludes halogenated alkanes) is 1. The van der Waals surface area contributed by atoms with E-state index in [0.717, 1.165) is 18.8 Å². The lowest BCUT2D eigenvalue weighted by molar-refractivity contribution is 0.226. The molecule has 18 heavy (non-hydrogen) atoms. The Morgan fingerprint density at radius 1 is 1.11 bits per heavy atom. The first-order valence-corrected chi connectivity index (χ1v) is 8.28. The monoisotopic (exact) mass is 283 g/mol. The molecule has 0 aliphatic carbocycles. The molecule has 1 atom stereocenters. The minimum atomic E-state index is -4.64. The fourth-order valence-electron chi connectivity index (χ4n) is 2.18. The molecule has 5 nitrogen and oxygen atoms in total. The van der Waals surface area contributed by atoms with Gasteiger partial charge in [-0.15, -0.1) is 0 Å². The Morgan fingerprint density at radius 3 is 1.72 bits per heavy atom. The molecule has 0 amide bonds. The Hall–Kier alpha value is 0.0700. The molecular formula is C12H30NO4P. The maximum Gasteiger partial charge on any atom is 0.466 e. The molecule has 0 spiro atoms. The van der Waals surface area contributed by atoms with Gasteiger partial charge in [-0.05, 0) is 25.2 Å². The summed E-state index contributed by atoms with van der Waals surface area (Å²) in [6.07, 6.45) is 7.40. The summed E-state index contributed by atoms with van der Waals surface area (Å²) in [6.45, 7) is 8.96. The third-order valence-corrected chi connectivity index (χ3v) is 3.53. The van der Waals surface area contributed by atoms with Crippen LogP contribution in [-0.2, 0) is 4.57 Å². The Labute approximate surface area is 111 Å². The molecular weight excluding hydrogens is 253 g/mol. The summed E-state index contributed by atoms with van der Waals surface area (Å²) in [5.74, 6) is 0.724. The van der Waals surface area contributed by atoms with Crippen LogP contribution >= 0.6 is 7.82 Å². The number of hydrogen-bond donors (Lipinski definition) is 4. The first-order chi connectivity index (χ1) is 8.14. The lowest BCUT2D eigenvalue weighted by atomic mass is 9.76. The Kier molecular flexibility index (Phi) is 11.2. The van der Waals surface area contributed by atoms with E-state index >= 15 is 0 Å². The summed E-state index contributed by atoms with van der Waals surface area (Å²) in [7, 11) is -4.64. The minimum absolute atomic E-state index is 0.101. The van der Waals surface area contributed by atoms with Gasteiger partial charge in [0.2, 0.25) is 0 Å². The number of phosphoric acid groups is 1. The van der Waals surface area contributed by atoms with Gasteiger partial charge in [0.25, 0.3) is 0 Å². The fourth-order valence-corrected chi connectivity index (χ4v) is 2.18. The number of nitrogens with two attached hydrogens (primary N) is 1. The molecule has 0 aliphatic rings. The predicted molar refractivity (Wildman–Crippen MR) is 75.1 cm³/mol. The van der Waals surface area contributed by atoms with Gasteiger partial charge in [0, 0.05) is 5.54 Å². The van der Waals surface area contributed by atoms with E-state index in [4.69, 9.17) is 25.0 Å². The first kappa shape index (κ1) is 20.4. The van der Waals surface area contributed by atoms with Crippen molar-refractivity contribution in [3.8, 4) is 0 Å². The standard InChI is InChI=1S/C12H27N.H3O4P/c1-5-9-10-11(6-2)12(13,7-3)8-4;1-5(2,3)4/h11H,5-10,13H2,1-4H3;(H3,1,2,3,4). The summed E-state index contributed by atoms with van der Waals surface area (Å²) < 4.78 is 8.88. The van der Waals surface area contributed by atoms with E-state index in [9.17, 15) is 0 Å². The van der Waals surface area contributed by atoms with Crippen LogP contribution in [0.15, 0.2) is 0 Å². The second-order valence-electron chi connectivity index (χ2n) is 4.70. The van der Waals surface area contributed by atoms with E-state index in [1.807, 2.05) is 0 Å². The Bertz CT molecular complexity index is 230. The molecule has 0 aliphatic heterocycles. The van der Waals surface area contributed by atoms with Gasteiger partial charge in [0.05, 0.1) is 0 Å². The molecule has 0 aromatic rings. The smallest absolute Gasteiger partial charge is 0.325 e. The number of rotatable bonds is 7. The average molecular weight is 283 g/mol. The third kappa shape index (κ3) is 11.2. The molecule has 112 valence electrons. The van der Waals surface area contributed by atoms with E-state index in [1.165, 1.54) is 25.7 Å². The molecule has 0 heterocycles. The van der Waals surface area contributed by atoms with Crippen molar-refractivity contribution in [3.63, 3.8) is 0 Å². The maximum absolute atomic E-state index is 8.88. The zero-order valence-electron chi connectivity index (χ0n) is 12.1. The zero-order chi connectivity index (χ0) is 14.8. The summed E-state index contributed by atoms with van der Waals surface area (Å²) in [5.41, 5.74) is 6.49. The molecule has 6 heteroatoms. The topological polar surface area (TPSA) is 104 Å². The van der Waals surface area contributed by atoms with E-state index in [2.05, 4.69) is 27.7 Å². The van der Waals surface area contributed by atoms with Crippen molar-refractivity contribution in [1.29, 1.82) is 0 Å². The van der Waals surface area contributed by atoms with Crippen molar-refractivity contribution in [2.45, 2.75) is 71.8 Å². The Morgan fingerprint density at radius 2 is 1.50 bits per heavy atom.